The van der Waals surface area contributed by atoms with Gasteiger partial charge in [-0.15, -0.1) is 11.3 Å². The van der Waals surface area contributed by atoms with E-state index in [0.29, 0.717) is 0 Å². The summed E-state index contributed by atoms with van der Waals surface area (Å²) >= 11 is 4.71. The van der Waals surface area contributed by atoms with Crippen LogP contribution in [0.4, 0.5) is 18.9 Å². The first-order chi connectivity index (χ1) is 8.88. The molecular weight excluding hydrogens is 343 g/mol. The van der Waals surface area contributed by atoms with Crippen molar-refractivity contribution in [3.63, 3.8) is 0 Å². The summed E-state index contributed by atoms with van der Waals surface area (Å²) < 4.78 is 44.6. The standard InChI is InChI=1S/C12H9BrF3NOS/c13-9-3-4-19-11(9)6-18-10-2-1-7(17)5-8(10)12(14,15)16/h1-5H,6,17H2. The van der Waals surface area contributed by atoms with E-state index in [2.05, 4.69) is 15.9 Å². The molecular formula is C12H9BrF3NOS. The Morgan fingerprint density at radius 3 is 2.58 bits per heavy atom. The third kappa shape index (κ3) is 3.42. The third-order valence-electron chi connectivity index (χ3n) is 2.36. The number of rotatable bonds is 3. The van der Waals surface area contributed by atoms with E-state index in [-0.39, 0.29) is 18.0 Å². The molecule has 1 heterocycles. The van der Waals surface area contributed by atoms with Crippen molar-refractivity contribution in [2.45, 2.75) is 12.8 Å². The van der Waals surface area contributed by atoms with Gasteiger partial charge in [-0.05, 0) is 45.6 Å². The van der Waals surface area contributed by atoms with Gasteiger partial charge in [0, 0.05) is 10.2 Å². The van der Waals surface area contributed by atoms with Crippen molar-refractivity contribution in [3.8, 4) is 5.75 Å². The molecule has 7 heteroatoms. The van der Waals surface area contributed by atoms with Gasteiger partial charge in [-0.3, -0.25) is 0 Å². The summed E-state index contributed by atoms with van der Waals surface area (Å²) in [6.45, 7) is 0.0747. The van der Waals surface area contributed by atoms with Gasteiger partial charge in [-0.25, -0.2) is 0 Å². The number of hydrogen-bond acceptors (Lipinski definition) is 3. The van der Waals surface area contributed by atoms with Crippen LogP contribution in [0.1, 0.15) is 10.4 Å². The molecule has 2 N–H and O–H groups in total. The van der Waals surface area contributed by atoms with Crippen molar-refractivity contribution in [2.24, 2.45) is 0 Å². The zero-order valence-electron chi connectivity index (χ0n) is 9.50. The summed E-state index contributed by atoms with van der Waals surface area (Å²) in [5.41, 5.74) is 4.57. The van der Waals surface area contributed by atoms with Crippen LogP contribution in [-0.4, -0.2) is 0 Å². The zero-order chi connectivity index (χ0) is 14.0. The number of benzene rings is 1. The number of anilines is 1. The molecule has 0 amide bonds. The molecule has 1 aromatic carbocycles. The molecule has 0 saturated heterocycles. The van der Waals surface area contributed by atoms with Crippen molar-refractivity contribution in [1.29, 1.82) is 0 Å². The number of nitrogen functional groups attached to an aromatic ring is 1. The van der Waals surface area contributed by atoms with E-state index in [1.54, 1.807) is 0 Å². The third-order valence-corrected chi connectivity index (χ3v) is 4.26. The average Bonchev–Trinajstić information content (AvgIpc) is 2.72. The van der Waals surface area contributed by atoms with E-state index >= 15 is 0 Å². The van der Waals surface area contributed by atoms with Crippen molar-refractivity contribution in [2.75, 3.05) is 5.73 Å². The molecule has 2 aromatic rings. The average molecular weight is 352 g/mol. The van der Waals surface area contributed by atoms with E-state index in [4.69, 9.17) is 10.5 Å². The second-order valence-electron chi connectivity index (χ2n) is 3.73. The fraction of sp³-hybridized carbons (Fsp3) is 0.167. The molecule has 0 saturated carbocycles. The summed E-state index contributed by atoms with van der Waals surface area (Å²) in [5.74, 6) is -0.220. The highest BCUT2D eigenvalue weighted by atomic mass is 79.9. The van der Waals surface area contributed by atoms with Gasteiger partial charge in [-0.2, -0.15) is 13.2 Å². The minimum absolute atomic E-state index is 0.0528. The molecule has 0 fully saturated rings. The van der Waals surface area contributed by atoms with Crippen LogP contribution < -0.4 is 10.5 Å². The Kier molecular flexibility index (Phi) is 4.05. The minimum Gasteiger partial charge on any atom is -0.487 e. The number of ether oxygens (including phenoxy) is 1. The fourth-order valence-electron chi connectivity index (χ4n) is 1.47. The first-order valence-electron chi connectivity index (χ1n) is 5.19. The molecule has 2 nitrogen and oxygen atoms in total. The van der Waals surface area contributed by atoms with E-state index < -0.39 is 11.7 Å². The van der Waals surface area contributed by atoms with Crippen LogP contribution in [0.15, 0.2) is 34.1 Å². The van der Waals surface area contributed by atoms with Crippen molar-refractivity contribution < 1.29 is 17.9 Å². The first kappa shape index (κ1) is 14.2. The molecule has 2 rings (SSSR count). The lowest BCUT2D eigenvalue weighted by atomic mass is 10.1. The Labute approximate surface area is 120 Å². The van der Waals surface area contributed by atoms with Gasteiger partial charge < -0.3 is 10.5 Å². The number of nitrogens with two attached hydrogens (primary N) is 1. The summed E-state index contributed by atoms with van der Waals surface area (Å²) in [7, 11) is 0. The Balaban J connectivity index is 2.23. The first-order valence-corrected chi connectivity index (χ1v) is 6.86. The highest BCUT2D eigenvalue weighted by Crippen LogP contribution is 2.38. The van der Waals surface area contributed by atoms with Gasteiger partial charge in [0.1, 0.15) is 12.4 Å². The smallest absolute Gasteiger partial charge is 0.420 e. The Morgan fingerprint density at radius 2 is 2.00 bits per heavy atom. The Bertz CT molecular complexity index is 583. The van der Waals surface area contributed by atoms with Crippen LogP contribution in [0.25, 0.3) is 0 Å². The Morgan fingerprint density at radius 1 is 1.26 bits per heavy atom. The molecule has 1 aromatic heterocycles. The van der Waals surface area contributed by atoms with Crippen LogP contribution in [-0.2, 0) is 12.8 Å². The van der Waals surface area contributed by atoms with Crippen molar-refractivity contribution in [1.82, 2.24) is 0 Å². The number of halogens is 4. The topological polar surface area (TPSA) is 35.2 Å². The second kappa shape index (κ2) is 5.42. The fourth-order valence-corrected chi connectivity index (χ4v) is 2.84. The molecule has 0 aliphatic heterocycles. The molecule has 0 bridgehead atoms. The van der Waals surface area contributed by atoms with E-state index in [1.807, 2.05) is 11.4 Å². The van der Waals surface area contributed by atoms with Crippen LogP contribution in [0.2, 0.25) is 0 Å². The van der Waals surface area contributed by atoms with Gasteiger partial charge in [0.15, 0.2) is 0 Å². The van der Waals surface area contributed by atoms with E-state index in [9.17, 15) is 13.2 Å². The van der Waals surface area contributed by atoms with Crippen molar-refractivity contribution >= 4 is 33.0 Å². The largest absolute Gasteiger partial charge is 0.487 e. The lowest BCUT2D eigenvalue weighted by Crippen LogP contribution is -2.09. The normalized spacial score (nSPS) is 11.6. The SMILES string of the molecule is Nc1ccc(OCc2sccc2Br)c(C(F)(F)F)c1. The predicted molar refractivity (Wildman–Crippen MR) is 72.2 cm³/mol. The van der Waals surface area contributed by atoms with Crippen LogP contribution in [0.5, 0.6) is 5.75 Å². The van der Waals surface area contributed by atoms with Gasteiger partial charge in [0.05, 0.1) is 10.4 Å². The van der Waals surface area contributed by atoms with Crippen LogP contribution in [0.3, 0.4) is 0 Å². The lowest BCUT2D eigenvalue weighted by molar-refractivity contribution is -0.139. The number of alkyl halides is 3. The zero-order valence-corrected chi connectivity index (χ0v) is 11.9. The van der Waals surface area contributed by atoms with Gasteiger partial charge in [0.25, 0.3) is 0 Å². The maximum absolute atomic E-state index is 12.8. The monoisotopic (exact) mass is 351 g/mol. The molecule has 102 valence electrons. The molecule has 0 aliphatic carbocycles. The molecule has 19 heavy (non-hydrogen) atoms. The summed E-state index contributed by atoms with van der Waals surface area (Å²) in [6, 6.07) is 5.31. The lowest BCUT2D eigenvalue weighted by Gasteiger charge is -2.14. The molecule has 0 radical (unpaired) electrons. The highest BCUT2D eigenvalue weighted by molar-refractivity contribution is 9.10. The molecule has 0 atom stereocenters. The predicted octanol–water partition coefficient (Wildman–Crippen LogP) is 4.69. The summed E-state index contributed by atoms with van der Waals surface area (Å²) in [5, 5.41) is 1.83. The molecule has 0 unspecified atom stereocenters. The van der Waals surface area contributed by atoms with E-state index in [1.165, 1.54) is 23.5 Å². The maximum atomic E-state index is 12.8. The van der Waals surface area contributed by atoms with E-state index in [0.717, 1.165) is 15.4 Å². The number of thiophene rings is 1. The van der Waals surface area contributed by atoms with Gasteiger partial charge >= 0.3 is 6.18 Å². The summed E-state index contributed by atoms with van der Waals surface area (Å²) in [4.78, 5) is 0.824. The van der Waals surface area contributed by atoms with Crippen LogP contribution >= 0.6 is 27.3 Å². The van der Waals surface area contributed by atoms with Gasteiger partial charge in [-0.1, -0.05) is 0 Å². The quantitative estimate of drug-likeness (QED) is 0.814. The Hall–Kier alpha value is -1.21. The van der Waals surface area contributed by atoms with Crippen LogP contribution in [0, 0.1) is 0 Å². The molecule has 0 spiro atoms. The minimum atomic E-state index is -4.49. The van der Waals surface area contributed by atoms with Crippen molar-refractivity contribution in [3.05, 3.63) is 44.6 Å². The summed E-state index contributed by atoms with van der Waals surface area (Å²) in [6.07, 6.45) is -4.49. The number of hydrogen-bond donors (Lipinski definition) is 1. The highest BCUT2D eigenvalue weighted by Gasteiger charge is 2.34. The van der Waals surface area contributed by atoms with Gasteiger partial charge in [0.2, 0.25) is 0 Å². The second-order valence-corrected chi connectivity index (χ2v) is 5.59. The maximum Gasteiger partial charge on any atom is 0.420 e. The molecule has 0 aliphatic rings.